The summed E-state index contributed by atoms with van der Waals surface area (Å²) in [6.07, 6.45) is 0.928. The Morgan fingerprint density at radius 3 is 2.83 bits per heavy atom. The summed E-state index contributed by atoms with van der Waals surface area (Å²) in [6.45, 7) is 3.94. The largest absolute Gasteiger partial charge is 0.351 e. The Morgan fingerprint density at radius 1 is 1.92 bits per heavy atom. The molecule has 0 saturated heterocycles. The van der Waals surface area contributed by atoms with Crippen LogP contribution in [0.3, 0.4) is 0 Å². The molecule has 66 valence electrons. The molecule has 12 heavy (non-hydrogen) atoms. The number of nitro groups is 1. The van der Waals surface area contributed by atoms with Crippen LogP contribution in [0.2, 0.25) is 0 Å². The van der Waals surface area contributed by atoms with Gasteiger partial charge in [-0.05, 0) is 6.42 Å². The first-order valence-electron chi connectivity index (χ1n) is 3.52. The Hall–Kier alpha value is -1.02. The van der Waals surface area contributed by atoms with Crippen LogP contribution in [0.4, 0.5) is 0 Å². The van der Waals surface area contributed by atoms with Gasteiger partial charge in [0, 0.05) is 5.25 Å². The number of hydrogen-bond donors (Lipinski definition) is 0. The number of hydrogen-bond acceptors (Lipinski definition) is 4. The van der Waals surface area contributed by atoms with Gasteiger partial charge >= 0.3 is 5.70 Å². The molecule has 5 heteroatoms. The van der Waals surface area contributed by atoms with Crippen LogP contribution in [-0.4, -0.2) is 10.2 Å². The Morgan fingerprint density at radius 2 is 2.50 bits per heavy atom. The molecule has 0 saturated carbocycles. The fourth-order valence-corrected chi connectivity index (χ4v) is 1.08. The van der Waals surface area contributed by atoms with E-state index in [1.165, 1.54) is 23.2 Å². The number of nitriles is 1. The van der Waals surface area contributed by atoms with Gasteiger partial charge in [0.05, 0.1) is 10.3 Å². The van der Waals surface area contributed by atoms with E-state index in [0.717, 1.165) is 6.42 Å². The molecule has 0 aromatic rings. The molecule has 0 spiro atoms. The molecule has 0 aliphatic rings. The van der Waals surface area contributed by atoms with Gasteiger partial charge in [-0.3, -0.25) is 10.1 Å². The molecule has 0 fully saturated rings. The van der Waals surface area contributed by atoms with Crippen molar-refractivity contribution in [2.24, 2.45) is 0 Å². The van der Waals surface area contributed by atoms with Gasteiger partial charge in [-0.15, -0.1) is 11.8 Å². The van der Waals surface area contributed by atoms with Crippen LogP contribution in [0.15, 0.2) is 11.1 Å². The molecule has 4 nitrogen and oxygen atoms in total. The summed E-state index contributed by atoms with van der Waals surface area (Å²) in [5.41, 5.74) is -0.389. The van der Waals surface area contributed by atoms with Crippen LogP contribution in [0, 0.1) is 21.4 Å². The van der Waals surface area contributed by atoms with Gasteiger partial charge < -0.3 is 0 Å². The topological polar surface area (TPSA) is 66.9 Å². The minimum atomic E-state index is -0.671. The quantitative estimate of drug-likeness (QED) is 0.383. The van der Waals surface area contributed by atoms with Crippen LogP contribution >= 0.6 is 11.8 Å². The first-order chi connectivity index (χ1) is 5.61. The van der Waals surface area contributed by atoms with Crippen molar-refractivity contribution >= 4 is 11.8 Å². The highest BCUT2D eigenvalue weighted by molar-refractivity contribution is 8.02. The monoisotopic (exact) mass is 186 g/mol. The second-order valence-electron chi connectivity index (χ2n) is 2.23. The minimum absolute atomic E-state index is 0.313. The van der Waals surface area contributed by atoms with E-state index in [2.05, 4.69) is 0 Å². The molecule has 0 aromatic carbocycles. The molecule has 0 bridgehead atoms. The predicted octanol–water partition coefficient (Wildman–Crippen LogP) is 2.16. The maximum absolute atomic E-state index is 10.1. The molecule has 0 amide bonds. The lowest BCUT2D eigenvalue weighted by atomic mass is 10.4. The van der Waals surface area contributed by atoms with Gasteiger partial charge in [0.25, 0.3) is 0 Å². The number of thioether (sulfide) groups is 1. The molecule has 0 radical (unpaired) electrons. The Balaban J connectivity index is 4.15. The van der Waals surface area contributed by atoms with Crippen molar-refractivity contribution in [3.63, 3.8) is 0 Å². The molecule has 0 N–H and O–H groups in total. The Bertz CT molecular complexity index is 232. The first-order valence-corrected chi connectivity index (χ1v) is 4.46. The van der Waals surface area contributed by atoms with Crippen LogP contribution in [-0.2, 0) is 0 Å². The van der Waals surface area contributed by atoms with Crippen LogP contribution in [0.1, 0.15) is 20.3 Å². The van der Waals surface area contributed by atoms with Gasteiger partial charge in [-0.25, -0.2) is 0 Å². The standard InChI is InChI=1S/C7H10N2O2S/c1-3-6(2)12-5-7(4-8)9(10)11/h5-6H,3H2,1-2H3. The van der Waals surface area contributed by atoms with Crippen molar-refractivity contribution in [2.75, 3.05) is 0 Å². The normalized spacial score (nSPS) is 13.6. The fraction of sp³-hybridized carbons (Fsp3) is 0.571. The summed E-state index contributed by atoms with van der Waals surface area (Å²) in [4.78, 5) is 9.46. The number of nitrogens with zero attached hydrogens (tertiary/aromatic N) is 2. The zero-order valence-electron chi connectivity index (χ0n) is 6.98. The Kier molecular flexibility index (Phi) is 5.13. The summed E-state index contributed by atoms with van der Waals surface area (Å²) < 4.78 is 0. The SMILES string of the molecule is CCC(C)SC=C(C#N)[N+](=O)[O-]. The molecule has 1 atom stereocenters. The van der Waals surface area contributed by atoms with Crippen molar-refractivity contribution in [2.45, 2.75) is 25.5 Å². The molecule has 0 aliphatic heterocycles. The van der Waals surface area contributed by atoms with Crippen molar-refractivity contribution < 1.29 is 4.92 Å². The fourth-order valence-electron chi connectivity index (χ4n) is 0.387. The number of rotatable bonds is 4. The van der Waals surface area contributed by atoms with E-state index in [1.807, 2.05) is 13.8 Å². The van der Waals surface area contributed by atoms with Crippen molar-refractivity contribution in [1.29, 1.82) is 5.26 Å². The molecule has 0 aromatic heterocycles. The molecular weight excluding hydrogens is 176 g/mol. The zero-order valence-corrected chi connectivity index (χ0v) is 7.80. The van der Waals surface area contributed by atoms with Crippen LogP contribution in [0.25, 0.3) is 0 Å². The lowest BCUT2D eigenvalue weighted by Gasteiger charge is -2.00. The molecular formula is C7H10N2O2S. The van der Waals surface area contributed by atoms with E-state index in [0.29, 0.717) is 5.25 Å². The second kappa shape index (κ2) is 5.61. The molecule has 1 unspecified atom stereocenters. The third kappa shape index (κ3) is 3.98. The third-order valence-corrected chi connectivity index (χ3v) is 2.46. The third-order valence-electron chi connectivity index (χ3n) is 1.30. The van der Waals surface area contributed by atoms with E-state index >= 15 is 0 Å². The van der Waals surface area contributed by atoms with Crippen molar-refractivity contribution in [3.8, 4) is 6.07 Å². The summed E-state index contributed by atoms with van der Waals surface area (Å²) in [6, 6.07) is 1.52. The minimum Gasteiger partial charge on any atom is -0.258 e. The van der Waals surface area contributed by atoms with Crippen molar-refractivity contribution in [3.05, 3.63) is 21.2 Å². The predicted molar refractivity (Wildman–Crippen MR) is 48.0 cm³/mol. The summed E-state index contributed by atoms with van der Waals surface area (Å²) in [5, 5.41) is 20.1. The van der Waals surface area contributed by atoms with Gasteiger partial charge in [-0.2, -0.15) is 5.26 Å². The van der Waals surface area contributed by atoms with Crippen LogP contribution in [0.5, 0.6) is 0 Å². The average molecular weight is 186 g/mol. The van der Waals surface area contributed by atoms with E-state index in [-0.39, 0.29) is 5.70 Å². The zero-order chi connectivity index (χ0) is 9.56. The molecule has 0 rings (SSSR count). The second-order valence-corrected chi connectivity index (χ2v) is 3.54. The summed E-state index contributed by atoms with van der Waals surface area (Å²) >= 11 is 1.31. The van der Waals surface area contributed by atoms with Gasteiger partial charge in [0.1, 0.15) is 0 Å². The molecule has 0 aliphatic carbocycles. The Labute approximate surface area is 75.4 Å². The van der Waals surface area contributed by atoms with E-state index in [1.54, 1.807) is 0 Å². The average Bonchev–Trinajstić information content (AvgIpc) is 2.04. The lowest BCUT2D eigenvalue weighted by Crippen LogP contribution is -1.96. The maximum atomic E-state index is 10.1. The van der Waals surface area contributed by atoms with E-state index in [9.17, 15) is 10.1 Å². The van der Waals surface area contributed by atoms with E-state index in [4.69, 9.17) is 5.26 Å². The summed E-state index contributed by atoms with van der Waals surface area (Å²) in [5.74, 6) is 0. The molecule has 0 heterocycles. The first kappa shape index (κ1) is 11.0. The van der Waals surface area contributed by atoms with Gasteiger partial charge in [0.2, 0.25) is 0 Å². The van der Waals surface area contributed by atoms with E-state index < -0.39 is 4.92 Å². The van der Waals surface area contributed by atoms with Gasteiger partial charge in [0.15, 0.2) is 6.07 Å². The summed E-state index contributed by atoms with van der Waals surface area (Å²) in [7, 11) is 0. The highest BCUT2D eigenvalue weighted by Gasteiger charge is 2.08. The highest BCUT2D eigenvalue weighted by Crippen LogP contribution is 2.16. The van der Waals surface area contributed by atoms with Crippen LogP contribution < -0.4 is 0 Å². The smallest absolute Gasteiger partial charge is 0.258 e. The lowest BCUT2D eigenvalue weighted by molar-refractivity contribution is -0.417. The van der Waals surface area contributed by atoms with Crippen molar-refractivity contribution in [1.82, 2.24) is 0 Å². The maximum Gasteiger partial charge on any atom is 0.351 e. The van der Waals surface area contributed by atoms with Gasteiger partial charge in [-0.1, -0.05) is 13.8 Å². The number of allylic oxidation sites excluding steroid dienone is 1. The highest BCUT2D eigenvalue weighted by atomic mass is 32.2.